The summed E-state index contributed by atoms with van der Waals surface area (Å²) in [6.07, 6.45) is -0.339. The lowest BCUT2D eigenvalue weighted by Crippen LogP contribution is -2.68. The largest absolute Gasteiger partial charge is 0.497 e. The van der Waals surface area contributed by atoms with Crippen LogP contribution in [0.1, 0.15) is 101 Å². The van der Waals surface area contributed by atoms with Crippen molar-refractivity contribution >= 4 is 14.3 Å². The molecule has 6 nitrogen and oxygen atoms in total. The van der Waals surface area contributed by atoms with Crippen molar-refractivity contribution in [3.8, 4) is 5.75 Å². The quantitative estimate of drug-likeness (QED) is 0.256. The van der Waals surface area contributed by atoms with Gasteiger partial charge < -0.3 is 23.4 Å². The zero-order valence-corrected chi connectivity index (χ0v) is 28.5. The lowest BCUT2D eigenvalue weighted by molar-refractivity contribution is -0.140. The first kappa shape index (κ1) is 34.9. The standard InChI is InChI=1S/C33H58O6Si/c1-14-27(34)22(4)28(35)19-29(37-20-25-15-17-26(36-13)18-16-25)23(5)31-24(6)30(21(2)3)38-40(39-31,32(7,8)9)33(10,11)12/h15-18,21-24,27,29-31,34H,14,19-20H2,1-13H3/t22-,23+,24+,27+,29-,30+,31+/m1/s1. The number of ether oxygens (including phenoxy) is 2. The van der Waals surface area contributed by atoms with Crippen molar-refractivity contribution in [2.75, 3.05) is 7.11 Å². The summed E-state index contributed by atoms with van der Waals surface area (Å²) in [5.74, 6) is 0.756. The summed E-state index contributed by atoms with van der Waals surface area (Å²) in [7, 11) is -1.15. The lowest BCUT2D eigenvalue weighted by Gasteiger charge is -2.59. The molecule has 0 radical (unpaired) electrons. The molecule has 0 saturated carbocycles. The third kappa shape index (κ3) is 7.77. The van der Waals surface area contributed by atoms with Crippen molar-refractivity contribution in [2.45, 2.75) is 137 Å². The topological polar surface area (TPSA) is 74.2 Å². The number of aliphatic hydroxyl groups excluding tert-OH is 1. The van der Waals surface area contributed by atoms with Crippen LogP contribution in [-0.2, 0) is 25.0 Å². The van der Waals surface area contributed by atoms with Gasteiger partial charge in [-0.2, -0.15) is 0 Å². The monoisotopic (exact) mass is 578 g/mol. The molecular weight excluding hydrogens is 520 g/mol. The van der Waals surface area contributed by atoms with Crippen LogP contribution in [0.4, 0.5) is 0 Å². The number of rotatable bonds is 12. The van der Waals surface area contributed by atoms with Crippen LogP contribution in [0.3, 0.4) is 0 Å². The van der Waals surface area contributed by atoms with Gasteiger partial charge in [-0.3, -0.25) is 4.79 Å². The number of aliphatic hydroxyl groups is 1. The molecule has 0 unspecified atom stereocenters. The summed E-state index contributed by atoms with van der Waals surface area (Å²) in [6, 6.07) is 7.83. The van der Waals surface area contributed by atoms with Gasteiger partial charge in [-0.1, -0.05) is 95.2 Å². The fraction of sp³-hybridized carbons (Fsp3) is 0.788. The highest BCUT2D eigenvalue weighted by atomic mass is 28.4. The Morgan fingerprint density at radius 2 is 1.50 bits per heavy atom. The van der Waals surface area contributed by atoms with E-state index >= 15 is 0 Å². The average molecular weight is 579 g/mol. The van der Waals surface area contributed by atoms with Gasteiger partial charge in [-0.25, -0.2) is 0 Å². The Hall–Kier alpha value is -1.25. The number of ketones is 1. The van der Waals surface area contributed by atoms with E-state index in [0.717, 1.165) is 11.3 Å². The molecule has 1 fully saturated rings. The van der Waals surface area contributed by atoms with Gasteiger partial charge in [0.1, 0.15) is 11.5 Å². The van der Waals surface area contributed by atoms with E-state index in [2.05, 4.69) is 69.2 Å². The minimum Gasteiger partial charge on any atom is -0.497 e. The fourth-order valence-electron chi connectivity index (χ4n) is 6.46. The van der Waals surface area contributed by atoms with Crippen LogP contribution in [0.2, 0.25) is 10.1 Å². The number of carbonyl (C=O) groups excluding carboxylic acids is 1. The summed E-state index contributed by atoms with van der Waals surface area (Å²) >= 11 is 0. The molecule has 0 amide bonds. The molecule has 0 aliphatic carbocycles. The number of Topliss-reactive ketones (excluding diaryl/α,β-unsaturated/α-hetero) is 1. The number of hydrogen-bond donors (Lipinski definition) is 1. The number of benzene rings is 1. The Kier molecular flexibility index (Phi) is 12.1. The van der Waals surface area contributed by atoms with Gasteiger partial charge in [0.15, 0.2) is 0 Å². The SMILES string of the molecule is CC[C@H](O)[C@@H](C)C(=O)C[C@@H](OCc1ccc(OC)cc1)[C@H](C)[C@@H]1O[Si](C(C)(C)C)(C(C)(C)C)O[C@@H](C(C)C)[C@@H]1C. The van der Waals surface area contributed by atoms with E-state index in [4.69, 9.17) is 18.3 Å². The summed E-state index contributed by atoms with van der Waals surface area (Å²) in [4.78, 5) is 13.4. The van der Waals surface area contributed by atoms with Gasteiger partial charge in [0.05, 0.1) is 38.1 Å². The molecule has 1 aromatic carbocycles. The second-order valence-corrected chi connectivity index (χ2v) is 19.1. The normalized spacial score (nSPS) is 24.8. The fourth-order valence-corrected chi connectivity index (χ4v) is 11.9. The van der Waals surface area contributed by atoms with Crippen LogP contribution in [0.25, 0.3) is 0 Å². The third-order valence-corrected chi connectivity index (χ3v) is 14.1. The maximum absolute atomic E-state index is 13.4. The van der Waals surface area contributed by atoms with Crippen molar-refractivity contribution in [1.82, 2.24) is 0 Å². The summed E-state index contributed by atoms with van der Waals surface area (Å²) in [5, 5.41) is 10.1. The second kappa shape index (κ2) is 13.8. The highest BCUT2D eigenvalue weighted by molar-refractivity contribution is 6.73. The predicted octanol–water partition coefficient (Wildman–Crippen LogP) is 7.70. The molecule has 7 atom stereocenters. The maximum Gasteiger partial charge on any atom is 0.349 e. The molecule has 0 bridgehead atoms. The zero-order chi connectivity index (χ0) is 30.6. The Labute approximate surface area is 245 Å². The van der Waals surface area contributed by atoms with E-state index in [0.29, 0.717) is 18.9 Å². The highest BCUT2D eigenvalue weighted by Crippen LogP contribution is 2.57. The van der Waals surface area contributed by atoms with Gasteiger partial charge in [-0.15, -0.1) is 0 Å². The Morgan fingerprint density at radius 3 is 1.95 bits per heavy atom. The predicted molar refractivity (Wildman–Crippen MR) is 165 cm³/mol. The molecule has 40 heavy (non-hydrogen) atoms. The minimum absolute atomic E-state index is 0.0243. The van der Waals surface area contributed by atoms with E-state index in [9.17, 15) is 9.90 Å². The molecule has 0 spiro atoms. The Bertz CT molecular complexity index is 918. The van der Waals surface area contributed by atoms with Crippen LogP contribution in [0.5, 0.6) is 5.75 Å². The number of carbonyl (C=O) groups is 1. The van der Waals surface area contributed by atoms with Gasteiger partial charge >= 0.3 is 8.56 Å². The summed E-state index contributed by atoms with van der Waals surface area (Å²) < 4.78 is 26.3. The van der Waals surface area contributed by atoms with Crippen molar-refractivity contribution in [3.63, 3.8) is 0 Å². The van der Waals surface area contributed by atoms with Gasteiger partial charge in [0.2, 0.25) is 0 Å². The van der Waals surface area contributed by atoms with Crippen LogP contribution in [0, 0.1) is 23.7 Å². The smallest absolute Gasteiger partial charge is 0.349 e. The van der Waals surface area contributed by atoms with Crippen molar-refractivity contribution < 1.29 is 28.2 Å². The molecular formula is C33H58O6Si. The molecule has 1 N–H and O–H groups in total. The molecule has 230 valence electrons. The first-order valence-corrected chi connectivity index (χ1v) is 17.0. The molecule has 2 rings (SSSR count). The molecule has 1 aliphatic rings. The van der Waals surface area contributed by atoms with Crippen LogP contribution in [0.15, 0.2) is 24.3 Å². The van der Waals surface area contributed by atoms with Crippen molar-refractivity contribution in [3.05, 3.63) is 29.8 Å². The maximum atomic E-state index is 13.4. The van der Waals surface area contributed by atoms with Gasteiger partial charge in [-0.05, 0) is 30.0 Å². The lowest BCUT2D eigenvalue weighted by atomic mass is 9.80. The molecule has 1 heterocycles. The molecule has 1 aliphatic heterocycles. The molecule has 7 heteroatoms. The van der Waals surface area contributed by atoms with E-state index < -0.39 is 20.6 Å². The molecule has 1 saturated heterocycles. The Morgan fingerprint density at radius 1 is 0.975 bits per heavy atom. The minimum atomic E-state index is -2.80. The van der Waals surface area contributed by atoms with Crippen molar-refractivity contribution in [1.29, 1.82) is 0 Å². The van der Waals surface area contributed by atoms with Gasteiger partial charge in [0.25, 0.3) is 0 Å². The van der Waals surface area contributed by atoms with E-state index in [1.165, 1.54) is 0 Å². The zero-order valence-electron chi connectivity index (χ0n) is 27.5. The third-order valence-electron chi connectivity index (χ3n) is 8.91. The van der Waals surface area contributed by atoms with E-state index in [1.54, 1.807) is 7.11 Å². The second-order valence-electron chi connectivity index (χ2n) is 14.4. The van der Waals surface area contributed by atoms with Crippen LogP contribution >= 0.6 is 0 Å². The van der Waals surface area contributed by atoms with Crippen molar-refractivity contribution in [2.24, 2.45) is 23.7 Å². The number of methoxy groups -OCH3 is 1. The Balaban J connectivity index is 2.49. The van der Waals surface area contributed by atoms with Crippen LogP contribution in [-0.4, -0.2) is 51.0 Å². The van der Waals surface area contributed by atoms with E-state index in [-0.39, 0.29) is 52.4 Å². The van der Waals surface area contributed by atoms with E-state index in [1.807, 2.05) is 38.1 Å². The first-order valence-electron chi connectivity index (χ1n) is 15.2. The number of hydrogen-bond acceptors (Lipinski definition) is 6. The molecule has 1 aromatic rings. The average Bonchev–Trinajstić information content (AvgIpc) is 2.88. The van der Waals surface area contributed by atoms with Gasteiger partial charge in [0, 0.05) is 34.3 Å². The van der Waals surface area contributed by atoms with Crippen LogP contribution < -0.4 is 4.74 Å². The first-order chi connectivity index (χ1) is 18.4. The summed E-state index contributed by atoms with van der Waals surface area (Å²) in [5.41, 5.74) is 1.01. The molecule has 0 aromatic heterocycles. The highest BCUT2D eigenvalue weighted by Gasteiger charge is 2.64. The summed E-state index contributed by atoms with van der Waals surface area (Å²) in [6.45, 7) is 26.4.